The molecule has 0 unspecified atom stereocenters. The number of carbonyl (C=O) groups excluding carboxylic acids is 1. The molecule has 2 heterocycles. The third-order valence-corrected chi connectivity index (χ3v) is 4.71. The Balaban J connectivity index is 2.04. The van der Waals surface area contributed by atoms with Crippen molar-refractivity contribution in [2.45, 2.75) is 6.61 Å². The molecular formula is C16H11F2N3O5S. The number of halogens is 2. The average molecular weight is 395 g/mol. The number of benzene rings is 1. The number of aromatic carboxylic acids is 1. The molecule has 0 aliphatic heterocycles. The average Bonchev–Trinajstić information content (AvgIpc) is 3.00. The second kappa shape index (κ2) is 7.11. The van der Waals surface area contributed by atoms with E-state index in [2.05, 4.69) is 9.97 Å². The fourth-order valence-corrected chi connectivity index (χ4v) is 3.39. The number of hydrogen-bond acceptors (Lipinski definition) is 7. The van der Waals surface area contributed by atoms with Gasteiger partial charge in [-0.25, -0.2) is 23.5 Å². The number of carboxylic acid groups (broad SMARTS) is 1. The zero-order valence-electron chi connectivity index (χ0n) is 13.7. The minimum Gasteiger partial charge on any atom is -0.483 e. The second-order valence-corrected chi connectivity index (χ2v) is 6.20. The first-order valence-corrected chi connectivity index (χ1v) is 8.10. The van der Waals surface area contributed by atoms with Gasteiger partial charge in [0.1, 0.15) is 22.6 Å². The van der Waals surface area contributed by atoms with Crippen LogP contribution >= 0.6 is 11.3 Å². The zero-order chi connectivity index (χ0) is 19.7. The number of primary amides is 1. The van der Waals surface area contributed by atoms with Crippen LogP contribution in [0.1, 0.15) is 25.6 Å². The van der Waals surface area contributed by atoms with Crippen LogP contribution in [0.2, 0.25) is 0 Å². The van der Waals surface area contributed by atoms with E-state index in [1.165, 1.54) is 13.4 Å². The highest BCUT2D eigenvalue weighted by atomic mass is 32.1. The van der Waals surface area contributed by atoms with Gasteiger partial charge in [-0.05, 0) is 12.1 Å². The predicted octanol–water partition coefficient (Wildman–Crippen LogP) is 2.35. The highest BCUT2D eigenvalue weighted by Crippen LogP contribution is 2.36. The number of fused-ring (bicyclic) bond motifs is 1. The monoisotopic (exact) mass is 395 g/mol. The molecule has 8 nitrogen and oxygen atoms in total. The summed E-state index contributed by atoms with van der Waals surface area (Å²) < 4.78 is 38.5. The molecule has 27 heavy (non-hydrogen) atoms. The van der Waals surface area contributed by atoms with Crippen molar-refractivity contribution in [1.82, 2.24) is 9.97 Å². The molecule has 0 fully saturated rings. The minimum absolute atomic E-state index is 0.104. The van der Waals surface area contributed by atoms with Gasteiger partial charge in [-0.1, -0.05) is 0 Å². The number of nitrogens with two attached hydrogens (primary N) is 1. The number of methoxy groups -OCH3 is 1. The molecule has 11 heteroatoms. The van der Waals surface area contributed by atoms with Crippen LogP contribution in [0.25, 0.3) is 10.2 Å². The molecule has 0 atom stereocenters. The van der Waals surface area contributed by atoms with E-state index in [-0.39, 0.29) is 27.3 Å². The quantitative estimate of drug-likeness (QED) is 0.656. The molecule has 3 aromatic rings. The summed E-state index contributed by atoms with van der Waals surface area (Å²) in [7, 11) is 1.34. The normalized spacial score (nSPS) is 10.8. The maximum atomic E-state index is 14.1. The van der Waals surface area contributed by atoms with Gasteiger partial charge in [0.2, 0.25) is 11.8 Å². The van der Waals surface area contributed by atoms with Crippen molar-refractivity contribution in [3.05, 3.63) is 46.1 Å². The van der Waals surface area contributed by atoms with Gasteiger partial charge in [-0.3, -0.25) is 4.79 Å². The van der Waals surface area contributed by atoms with Crippen LogP contribution in [0.5, 0.6) is 11.6 Å². The fourth-order valence-electron chi connectivity index (χ4n) is 2.41. The first-order chi connectivity index (χ1) is 12.8. The van der Waals surface area contributed by atoms with Crippen molar-refractivity contribution in [2.24, 2.45) is 5.73 Å². The standard InChI is InChI=1S/C16H11F2N3O5S/c1-25-14-10-7(12(16(23)24)27-15(10)21-5-20-14)4-26-11-8(17)2-6(13(19)22)3-9(11)18/h2-3,5H,4H2,1H3,(H2,19,22)(H,23,24). The van der Waals surface area contributed by atoms with E-state index in [4.69, 9.17) is 15.2 Å². The van der Waals surface area contributed by atoms with Crippen LogP contribution in [-0.4, -0.2) is 34.1 Å². The minimum atomic E-state index is -1.26. The zero-order valence-corrected chi connectivity index (χ0v) is 14.5. The van der Waals surface area contributed by atoms with Crippen molar-refractivity contribution in [1.29, 1.82) is 0 Å². The van der Waals surface area contributed by atoms with Crippen LogP contribution in [0, 0.1) is 11.6 Å². The van der Waals surface area contributed by atoms with Gasteiger partial charge in [0.25, 0.3) is 0 Å². The van der Waals surface area contributed by atoms with Gasteiger partial charge >= 0.3 is 5.97 Å². The molecule has 2 aromatic heterocycles. The molecule has 3 rings (SSSR count). The topological polar surface area (TPSA) is 125 Å². The summed E-state index contributed by atoms with van der Waals surface area (Å²) in [4.78, 5) is 30.7. The molecule has 140 valence electrons. The molecular weight excluding hydrogens is 384 g/mol. The Morgan fingerprint density at radius 1 is 1.26 bits per heavy atom. The lowest BCUT2D eigenvalue weighted by atomic mass is 10.1. The van der Waals surface area contributed by atoms with E-state index < -0.39 is 35.9 Å². The summed E-state index contributed by atoms with van der Waals surface area (Å²) in [5, 5.41) is 9.68. The molecule has 1 aromatic carbocycles. The van der Waals surface area contributed by atoms with Crippen molar-refractivity contribution < 1.29 is 33.0 Å². The van der Waals surface area contributed by atoms with Gasteiger partial charge in [-0.15, -0.1) is 11.3 Å². The number of amides is 1. The largest absolute Gasteiger partial charge is 0.483 e. The molecule has 0 saturated heterocycles. The number of hydrogen-bond donors (Lipinski definition) is 2. The van der Waals surface area contributed by atoms with E-state index in [1.54, 1.807) is 0 Å². The van der Waals surface area contributed by atoms with Gasteiger partial charge in [0.15, 0.2) is 17.4 Å². The first kappa shape index (κ1) is 18.5. The fraction of sp³-hybridized carbons (Fsp3) is 0.125. The van der Waals surface area contributed by atoms with E-state index in [1.807, 2.05) is 0 Å². The van der Waals surface area contributed by atoms with E-state index >= 15 is 0 Å². The van der Waals surface area contributed by atoms with Crippen molar-refractivity contribution in [3.63, 3.8) is 0 Å². The van der Waals surface area contributed by atoms with Crippen LogP contribution in [0.4, 0.5) is 8.78 Å². The Hall–Kier alpha value is -3.34. The Labute approximate surface area is 154 Å². The van der Waals surface area contributed by atoms with Gasteiger partial charge in [0.05, 0.1) is 12.5 Å². The van der Waals surface area contributed by atoms with Crippen molar-refractivity contribution >= 4 is 33.4 Å². The molecule has 0 saturated carbocycles. The van der Waals surface area contributed by atoms with Crippen LogP contribution < -0.4 is 15.2 Å². The van der Waals surface area contributed by atoms with Crippen LogP contribution in [0.3, 0.4) is 0 Å². The number of ether oxygens (including phenoxy) is 2. The Bertz CT molecular complexity index is 1050. The molecule has 0 spiro atoms. The maximum Gasteiger partial charge on any atom is 0.346 e. The molecule has 0 aliphatic carbocycles. The lowest BCUT2D eigenvalue weighted by molar-refractivity contribution is 0.0699. The second-order valence-electron chi connectivity index (χ2n) is 5.20. The molecule has 0 aliphatic rings. The molecule has 1 amide bonds. The summed E-state index contributed by atoms with van der Waals surface area (Å²) >= 11 is 0.852. The van der Waals surface area contributed by atoms with Crippen LogP contribution in [0.15, 0.2) is 18.5 Å². The number of aromatic nitrogens is 2. The summed E-state index contributed by atoms with van der Waals surface area (Å²) in [6, 6.07) is 1.46. The number of nitrogens with zero attached hydrogens (tertiary/aromatic N) is 2. The van der Waals surface area contributed by atoms with Gasteiger partial charge in [0, 0.05) is 11.1 Å². The Morgan fingerprint density at radius 2 is 1.93 bits per heavy atom. The molecule has 0 radical (unpaired) electrons. The van der Waals surface area contributed by atoms with Crippen molar-refractivity contribution in [2.75, 3.05) is 7.11 Å². The lowest BCUT2D eigenvalue weighted by Gasteiger charge is -2.10. The summed E-state index contributed by atoms with van der Waals surface area (Å²) in [6.07, 6.45) is 1.20. The first-order valence-electron chi connectivity index (χ1n) is 7.28. The summed E-state index contributed by atoms with van der Waals surface area (Å²) in [5.74, 6) is -5.23. The Morgan fingerprint density at radius 3 is 2.48 bits per heavy atom. The predicted molar refractivity (Wildman–Crippen MR) is 90.1 cm³/mol. The molecule has 3 N–H and O–H groups in total. The SMILES string of the molecule is COc1ncnc2sc(C(=O)O)c(COc3c(F)cc(C(N)=O)cc3F)c12. The van der Waals surface area contributed by atoms with Crippen molar-refractivity contribution in [3.8, 4) is 11.6 Å². The number of rotatable bonds is 6. The van der Waals surface area contributed by atoms with Gasteiger partial charge in [-0.2, -0.15) is 0 Å². The third kappa shape index (κ3) is 3.36. The Kier molecular flexibility index (Phi) is 4.86. The summed E-state index contributed by atoms with van der Waals surface area (Å²) in [5.41, 5.74) is 4.74. The van der Waals surface area contributed by atoms with E-state index in [0.717, 1.165) is 23.5 Å². The highest BCUT2D eigenvalue weighted by Gasteiger charge is 2.24. The smallest absolute Gasteiger partial charge is 0.346 e. The van der Waals surface area contributed by atoms with E-state index in [0.29, 0.717) is 4.83 Å². The van der Waals surface area contributed by atoms with Crippen LogP contribution in [-0.2, 0) is 6.61 Å². The number of thiophene rings is 1. The third-order valence-electron chi connectivity index (χ3n) is 3.58. The van der Waals surface area contributed by atoms with Gasteiger partial charge < -0.3 is 20.3 Å². The van der Waals surface area contributed by atoms with E-state index in [9.17, 15) is 23.5 Å². The number of carboxylic acids is 1. The lowest BCUT2D eigenvalue weighted by Crippen LogP contribution is -2.12. The summed E-state index contributed by atoms with van der Waals surface area (Å²) in [6.45, 7) is -0.491. The highest BCUT2D eigenvalue weighted by molar-refractivity contribution is 7.20. The number of carbonyl (C=O) groups is 2. The molecule has 0 bridgehead atoms. The maximum absolute atomic E-state index is 14.1.